The lowest BCUT2D eigenvalue weighted by Crippen LogP contribution is -2.23. The van der Waals surface area contributed by atoms with Crippen LogP contribution in [0.15, 0.2) is 36.5 Å². The van der Waals surface area contributed by atoms with Gasteiger partial charge >= 0.3 is 5.97 Å². The zero-order valence-corrected chi connectivity index (χ0v) is 20.7. The van der Waals surface area contributed by atoms with Gasteiger partial charge in [-0.1, -0.05) is 11.6 Å². The second-order valence-electron chi connectivity index (χ2n) is 10.3. The van der Waals surface area contributed by atoms with Gasteiger partial charge in [0.25, 0.3) is 0 Å². The van der Waals surface area contributed by atoms with E-state index >= 15 is 0 Å². The zero-order chi connectivity index (χ0) is 24.8. The number of hydrogen-bond donors (Lipinski definition) is 2. The Morgan fingerprint density at radius 2 is 1.92 bits per heavy atom. The molecule has 3 heterocycles. The lowest BCUT2D eigenvalue weighted by molar-refractivity contribution is -0.143. The Morgan fingerprint density at radius 1 is 1.14 bits per heavy atom. The van der Waals surface area contributed by atoms with Gasteiger partial charge in [-0.3, -0.25) is 9.89 Å². The number of nitrogens with one attached hydrogen (secondary N) is 1. The molecule has 0 amide bonds. The number of carboxylic acid groups (broad SMARTS) is 1. The van der Waals surface area contributed by atoms with E-state index in [0.29, 0.717) is 25.0 Å². The molecule has 1 aliphatic heterocycles. The molecule has 36 heavy (non-hydrogen) atoms. The van der Waals surface area contributed by atoms with Crippen LogP contribution in [0.1, 0.15) is 55.7 Å². The summed E-state index contributed by atoms with van der Waals surface area (Å²) in [6.07, 6.45) is 7.82. The quantitative estimate of drug-likeness (QED) is 0.316. The van der Waals surface area contributed by atoms with Gasteiger partial charge in [0.05, 0.1) is 28.2 Å². The number of aromatic amines is 1. The minimum atomic E-state index is -0.678. The molecule has 1 saturated heterocycles. The maximum atomic E-state index is 14.1. The van der Waals surface area contributed by atoms with Crippen LogP contribution in [0.5, 0.6) is 0 Å². The van der Waals surface area contributed by atoms with Crippen molar-refractivity contribution >= 4 is 39.4 Å². The number of carboxylic acids is 1. The first-order valence-electron chi connectivity index (χ1n) is 12.8. The molecule has 0 atom stereocenters. The number of aromatic nitrogens is 3. The number of ether oxygens (including phenoxy) is 1. The third-order valence-electron chi connectivity index (χ3n) is 8.13. The summed E-state index contributed by atoms with van der Waals surface area (Å²) in [5.41, 5.74) is 5.43. The Morgan fingerprint density at radius 3 is 2.64 bits per heavy atom. The molecule has 0 unspecified atom stereocenters. The lowest BCUT2D eigenvalue weighted by Gasteiger charge is -2.29. The number of nitrogens with zero attached hydrogens (tertiary/aromatic N) is 2. The normalized spacial score (nSPS) is 21.4. The Bertz CT molecular complexity index is 1430. The van der Waals surface area contributed by atoms with Gasteiger partial charge in [-0.05, 0) is 86.8 Å². The van der Waals surface area contributed by atoms with Crippen molar-refractivity contribution in [1.82, 2.24) is 14.8 Å². The summed E-state index contributed by atoms with van der Waals surface area (Å²) in [6, 6.07) is 9.27. The van der Waals surface area contributed by atoms with Gasteiger partial charge in [-0.15, -0.1) is 0 Å². The third-order valence-corrected chi connectivity index (χ3v) is 8.42. The number of benzene rings is 2. The molecule has 2 N–H and O–H groups in total. The highest BCUT2D eigenvalue weighted by atomic mass is 35.5. The molecule has 0 spiro atoms. The van der Waals surface area contributed by atoms with Gasteiger partial charge < -0.3 is 14.4 Å². The van der Waals surface area contributed by atoms with E-state index in [1.54, 1.807) is 12.1 Å². The number of carbonyl (C=O) groups is 1. The standard InChI is InChI=1S/C28H29ClFN3O3/c29-23-13-20(5-6-24(23)30)33-26-12-19-15-31-32-25(19)14-21(26)22(27(33)17-7-9-36-10-8-17)11-16-1-3-18(4-2-16)28(34)35/h5-6,12-18H,1-4,7-11H2,(H,31,32)(H,34,35)/t16-,18-. The average molecular weight is 510 g/mol. The van der Waals surface area contributed by atoms with E-state index in [2.05, 4.69) is 26.9 Å². The molecule has 188 valence electrons. The SMILES string of the molecule is O=C(O)[C@H]1CC[C@H](Cc2c(C3CCOCC3)n(-c3ccc(F)c(Cl)c3)c3cc4cn[nH]c4cc23)CC1. The first kappa shape index (κ1) is 23.5. The Balaban J connectivity index is 1.54. The molecule has 0 radical (unpaired) electrons. The summed E-state index contributed by atoms with van der Waals surface area (Å²) < 4.78 is 22.1. The molecule has 2 fully saturated rings. The maximum absolute atomic E-state index is 14.1. The second kappa shape index (κ2) is 9.52. The van der Waals surface area contributed by atoms with E-state index in [-0.39, 0.29) is 10.9 Å². The molecule has 0 bridgehead atoms. The first-order chi connectivity index (χ1) is 17.5. The third kappa shape index (κ3) is 4.18. The summed E-state index contributed by atoms with van der Waals surface area (Å²) in [6.45, 7) is 1.43. The van der Waals surface area contributed by atoms with E-state index in [9.17, 15) is 14.3 Å². The van der Waals surface area contributed by atoms with Gasteiger partial charge in [0.15, 0.2) is 0 Å². The molecule has 2 aromatic carbocycles. The van der Waals surface area contributed by atoms with Crippen LogP contribution in [0.2, 0.25) is 5.02 Å². The molecule has 1 saturated carbocycles. The highest BCUT2D eigenvalue weighted by molar-refractivity contribution is 6.30. The van der Waals surface area contributed by atoms with Crippen LogP contribution in [0.4, 0.5) is 4.39 Å². The van der Waals surface area contributed by atoms with Gasteiger partial charge in [0, 0.05) is 41.3 Å². The lowest BCUT2D eigenvalue weighted by atomic mass is 9.78. The largest absolute Gasteiger partial charge is 0.481 e. The summed E-state index contributed by atoms with van der Waals surface area (Å²) in [4.78, 5) is 11.5. The summed E-state index contributed by atoms with van der Waals surface area (Å²) >= 11 is 6.26. The number of rotatable bonds is 5. The van der Waals surface area contributed by atoms with Crippen molar-refractivity contribution in [3.63, 3.8) is 0 Å². The minimum Gasteiger partial charge on any atom is -0.481 e. The molecule has 4 aromatic rings. The summed E-state index contributed by atoms with van der Waals surface area (Å²) in [5.74, 6) is -0.618. The summed E-state index contributed by atoms with van der Waals surface area (Å²) in [7, 11) is 0. The highest BCUT2D eigenvalue weighted by Crippen LogP contribution is 2.42. The molecule has 2 aliphatic rings. The smallest absolute Gasteiger partial charge is 0.306 e. The number of fused-ring (bicyclic) bond motifs is 2. The van der Waals surface area contributed by atoms with Crippen molar-refractivity contribution in [2.75, 3.05) is 13.2 Å². The van der Waals surface area contributed by atoms with Crippen molar-refractivity contribution < 1.29 is 19.0 Å². The average Bonchev–Trinajstić information content (AvgIpc) is 3.47. The zero-order valence-electron chi connectivity index (χ0n) is 20.0. The van der Waals surface area contributed by atoms with Gasteiger partial charge in [0.2, 0.25) is 0 Å². The molecule has 6 rings (SSSR count). The van der Waals surface area contributed by atoms with Crippen molar-refractivity contribution in [3.8, 4) is 5.69 Å². The summed E-state index contributed by atoms with van der Waals surface area (Å²) in [5, 5.41) is 19.1. The second-order valence-corrected chi connectivity index (χ2v) is 10.7. The van der Waals surface area contributed by atoms with Crippen LogP contribution in [0, 0.1) is 17.7 Å². The molecule has 6 nitrogen and oxygen atoms in total. The molecular weight excluding hydrogens is 481 g/mol. The molecule has 1 aliphatic carbocycles. The van der Waals surface area contributed by atoms with E-state index in [1.165, 1.54) is 17.3 Å². The topological polar surface area (TPSA) is 80.1 Å². The van der Waals surface area contributed by atoms with E-state index in [4.69, 9.17) is 16.3 Å². The highest BCUT2D eigenvalue weighted by Gasteiger charge is 2.31. The van der Waals surface area contributed by atoms with Crippen LogP contribution >= 0.6 is 11.6 Å². The number of aliphatic carboxylic acids is 1. The Kier molecular flexibility index (Phi) is 6.21. The van der Waals surface area contributed by atoms with Crippen molar-refractivity contribution in [2.45, 2.75) is 50.9 Å². The van der Waals surface area contributed by atoms with Gasteiger partial charge in [0.1, 0.15) is 5.82 Å². The molecule has 8 heteroatoms. The predicted molar refractivity (Wildman–Crippen MR) is 137 cm³/mol. The van der Waals surface area contributed by atoms with Crippen LogP contribution in [-0.4, -0.2) is 39.1 Å². The first-order valence-corrected chi connectivity index (χ1v) is 13.1. The van der Waals surface area contributed by atoms with E-state index in [0.717, 1.165) is 72.4 Å². The van der Waals surface area contributed by atoms with E-state index in [1.807, 2.05) is 6.20 Å². The van der Waals surface area contributed by atoms with Crippen molar-refractivity contribution in [3.05, 3.63) is 58.6 Å². The number of H-pyrrole nitrogens is 1. The van der Waals surface area contributed by atoms with E-state index < -0.39 is 11.8 Å². The fourth-order valence-electron chi connectivity index (χ4n) is 6.23. The Labute approximate surface area is 213 Å². The van der Waals surface area contributed by atoms with Gasteiger partial charge in [-0.25, -0.2) is 4.39 Å². The predicted octanol–water partition coefficient (Wildman–Crippen LogP) is 6.63. The fourth-order valence-corrected chi connectivity index (χ4v) is 6.40. The molecule has 2 aromatic heterocycles. The van der Waals surface area contributed by atoms with Crippen LogP contribution in [0.25, 0.3) is 27.5 Å². The van der Waals surface area contributed by atoms with Crippen LogP contribution < -0.4 is 0 Å². The molecular formula is C28H29ClFN3O3. The number of hydrogen-bond acceptors (Lipinski definition) is 3. The maximum Gasteiger partial charge on any atom is 0.306 e. The van der Waals surface area contributed by atoms with Crippen molar-refractivity contribution in [1.29, 1.82) is 0 Å². The number of halogens is 2. The van der Waals surface area contributed by atoms with Gasteiger partial charge in [-0.2, -0.15) is 5.10 Å². The van der Waals surface area contributed by atoms with Crippen molar-refractivity contribution in [2.24, 2.45) is 11.8 Å². The Hall–Kier alpha value is -2.90. The van der Waals surface area contributed by atoms with Crippen LogP contribution in [-0.2, 0) is 16.0 Å². The van der Waals surface area contributed by atoms with Crippen LogP contribution in [0.3, 0.4) is 0 Å². The monoisotopic (exact) mass is 509 g/mol. The minimum absolute atomic E-state index is 0.102. The fraction of sp³-hybridized carbons (Fsp3) is 0.429.